The fourth-order valence-corrected chi connectivity index (χ4v) is 2.64. The minimum Gasteiger partial charge on any atom is -0.339 e. The van der Waals surface area contributed by atoms with Crippen LogP contribution < -0.4 is 5.73 Å². The Morgan fingerprint density at radius 2 is 1.40 bits per heavy atom. The molecule has 0 bridgehead atoms. The number of carbonyl (C=O) groups is 2. The van der Waals surface area contributed by atoms with Crippen LogP contribution in [0.3, 0.4) is 0 Å². The molecule has 0 aliphatic carbocycles. The van der Waals surface area contributed by atoms with Gasteiger partial charge in [-0.2, -0.15) is 0 Å². The number of nitrogens with two attached hydrogens (primary N) is 1. The van der Waals surface area contributed by atoms with Crippen LogP contribution in [0.1, 0.15) is 34.1 Å². The van der Waals surface area contributed by atoms with Crippen LogP contribution in [-0.2, 0) is 9.59 Å². The molecule has 20 heavy (non-hydrogen) atoms. The Labute approximate surface area is 122 Å². The molecule has 5 heteroatoms. The Kier molecular flexibility index (Phi) is 6.46. The maximum absolute atomic E-state index is 12.4. The van der Waals surface area contributed by atoms with Gasteiger partial charge in [0.25, 0.3) is 0 Å². The van der Waals surface area contributed by atoms with E-state index in [2.05, 4.69) is 13.8 Å². The van der Waals surface area contributed by atoms with Gasteiger partial charge in [0.2, 0.25) is 11.8 Å². The summed E-state index contributed by atoms with van der Waals surface area (Å²) in [5.41, 5.74) is 5.73. The lowest BCUT2D eigenvalue weighted by Gasteiger charge is -2.37. The van der Waals surface area contributed by atoms with E-state index in [-0.39, 0.29) is 23.7 Å². The average molecular weight is 283 g/mol. The third-order valence-electron chi connectivity index (χ3n) is 3.79. The molecule has 1 saturated heterocycles. The van der Waals surface area contributed by atoms with E-state index in [0.717, 1.165) is 6.42 Å². The second-order valence-electron chi connectivity index (χ2n) is 6.37. The molecule has 0 radical (unpaired) electrons. The Hall–Kier alpha value is -1.10. The average Bonchev–Trinajstić information content (AvgIpc) is 2.43. The molecular weight excluding hydrogens is 254 g/mol. The first-order valence-electron chi connectivity index (χ1n) is 7.64. The van der Waals surface area contributed by atoms with Gasteiger partial charge in [0, 0.05) is 38.6 Å². The summed E-state index contributed by atoms with van der Waals surface area (Å²) in [6, 6.07) is 0. The Morgan fingerprint density at radius 3 is 1.75 bits per heavy atom. The minimum atomic E-state index is -0.0812. The molecule has 1 aliphatic heterocycles. The summed E-state index contributed by atoms with van der Waals surface area (Å²) >= 11 is 0. The quantitative estimate of drug-likeness (QED) is 0.816. The van der Waals surface area contributed by atoms with Crippen molar-refractivity contribution in [2.45, 2.75) is 34.1 Å². The summed E-state index contributed by atoms with van der Waals surface area (Å²) < 4.78 is 0. The molecule has 1 fully saturated rings. The fraction of sp³-hybridized carbons (Fsp3) is 0.867. The second-order valence-corrected chi connectivity index (χ2v) is 6.37. The SMILES string of the molecule is CC(C)CC(CN)C(=O)N1CCN(C(=O)C(C)C)CC1. The predicted molar refractivity (Wildman–Crippen MR) is 80.0 cm³/mol. The van der Waals surface area contributed by atoms with E-state index in [1.807, 2.05) is 23.6 Å². The molecule has 1 heterocycles. The van der Waals surface area contributed by atoms with Gasteiger partial charge in [-0.1, -0.05) is 27.7 Å². The molecular formula is C15H29N3O2. The smallest absolute Gasteiger partial charge is 0.227 e. The van der Waals surface area contributed by atoms with Gasteiger partial charge >= 0.3 is 0 Å². The number of rotatable bonds is 5. The topological polar surface area (TPSA) is 66.6 Å². The van der Waals surface area contributed by atoms with Gasteiger partial charge in [0.05, 0.1) is 5.92 Å². The highest BCUT2D eigenvalue weighted by molar-refractivity contribution is 5.80. The summed E-state index contributed by atoms with van der Waals surface area (Å²) in [4.78, 5) is 28.1. The lowest BCUT2D eigenvalue weighted by Crippen LogP contribution is -2.53. The highest BCUT2D eigenvalue weighted by Crippen LogP contribution is 2.16. The number of carbonyl (C=O) groups excluding carboxylic acids is 2. The zero-order valence-electron chi connectivity index (χ0n) is 13.3. The monoisotopic (exact) mass is 283 g/mol. The maximum atomic E-state index is 12.4. The van der Waals surface area contributed by atoms with Gasteiger partial charge in [0.1, 0.15) is 0 Å². The van der Waals surface area contributed by atoms with Crippen molar-refractivity contribution in [3.05, 3.63) is 0 Å². The lowest BCUT2D eigenvalue weighted by molar-refractivity contribution is -0.143. The van der Waals surface area contributed by atoms with Crippen molar-refractivity contribution in [2.24, 2.45) is 23.5 Å². The zero-order chi connectivity index (χ0) is 15.3. The lowest BCUT2D eigenvalue weighted by atomic mass is 9.95. The molecule has 0 aromatic carbocycles. The Morgan fingerprint density at radius 1 is 0.950 bits per heavy atom. The molecule has 0 spiro atoms. The van der Waals surface area contributed by atoms with Crippen molar-refractivity contribution >= 4 is 11.8 Å². The number of hydrogen-bond donors (Lipinski definition) is 1. The van der Waals surface area contributed by atoms with Crippen molar-refractivity contribution in [1.29, 1.82) is 0 Å². The molecule has 116 valence electrons. The molecule has 0 saturated carbocycles. The van der Waals surface area contributed by atoms with Crippen LogP contribution in [0.25, 0.3) is 0 Å². The number of hydrogen-bond acceptors (Lipinski definition) is 3. The van der Waals surface area contributed by atoms with Gasteiger partial charge in [-0.05, 0) is 12.3 Å². The van der Waals surface area contributed by atoms with E-state index in [1.165, 1.54) is 0 Å². The summed E-state index contributed by atoms with van der Waals surface area (Å²) in [7, 11) is 0. The van der Waals surface area contributed by atoms with E-state index in [1.54, 1.807) is 0 Å². The van der Waals surface area contributed by atoms with Gasteiger partial charge in [-0.25, -0.2) is 0 Å². The summed E-state index contributed by atoms with van der Waals surface area (Å²) in [5, 5.41) is 0. The third-order valence-corrected chi connectivity index (χ3v) is 3.79. The van der Waals surface area contributed by atoms with Gasteiger partial charge < -0.3 is 15.5 Å². The summed E-state index contributed by atoms with van der Waals surface area (Å²) in [6.45, 7) is 11.0. The van der Waals surface area contributed by atoms with Crippen molar-refractivity contribution in [2.75, 3.05) is 32.7 Å². The first-order valence-corrected chi connectivity index (χ1v) is 7.64. The largest absolute Gasteiger partial charge is 0.339 e. The highest BCUT2D eigenvalue weighted by Gasteiger charge is 2.29. The van der Waals surface area contributed by atoms with Crippen molar-refractivity contribution in [1.82, 2.24) is 9.80 Å². The summed E-state index contributed by atoms with van der Waals surface area (Å²) in [5.74, 6) is 0.737. The number of nitrogens with zero attached hydrogens (tertiary/aromatic N) is 2. The molecule has 0 aromatic rings. The van der Waals surface area contributed by atoms with Crippen LogP contribution >= 0.6 is 0 Å². The van der Waals surface area contributed by atoms with E-state index in [9.17, 15) is 9.59 Å². The van der Waals surface area contributed by atoms with Crippen LogP contribution in [0.15, 0.2) is 0 Å². The standard InChI is InChI=1S/C15H29N3O2/c1-11(2)9-13(10-16)15(20)18-7-5-17(6-8-18)14(19)12(3)4/h11-13H,5-10,16H2,1-4H3. The minimum absolute atomic E-state index is 0.0231. The molecule has 0 aromatic heterocycles. The first kappa shape index (κ1) is 17.0. The highest BCUT2D eigenvalue weighted by atomic mass is 16.2. The normalized spacial score (nSPS) is 17.8. The van der Waals surface area contributed by atoms with E-state index < -0.39 is 0 Å². The van der Waals surface area contributed by atoms with Crippen LogP contribution in [0.5, 0.6) is 0 Å². The second kappa shape index (κ2) is 7.62. The molecule has 2 N–H and O–H groups in total. The van der Waals surface area contributed by atoms with Crippen LogP contribution in [0, 0.1) is 17.8 Å². The summed E-state index contributed by atoms with van der Waals surface area (Å²) in [6.07, 6.45) is 0.834. The fourth-order valence-electron chi connectivity index (χ4n) is 2.64. The van der Waals surface area contributed by atoms with Gasteiger partial charge in [0.15, 0.2) is 0 Å². The number of piperazine rings is 1. The Balaban J connectivity index is 2.51. The van der Waals surface area contributed by atoms with Crippen molar-refractivity contribution in [3.63, 3.8) is 0 Å². The van der Waals surface area contributed by atoms with Crippen molar-refractivity contribution in [3.8, 4) is 0 Å². The van der Waals surface area contributed by atoms with E-state index in [0.29, 0.717) is 38.6 Å². The first-order chi connectivity index (χ1) is 9.36. The van der Waals surface area contributed by atoms with Crippen LogP contribution in [0.4, 0.5) is 0 Å². The zero-order valence-corrected chi connectivity index (χ0v) is 13.3. The van der Waals surface area contributed by atoms with Gasteiger partial charge in [-0.3, -0.25) is 9.59 Å². The van der Waals surface area contributed by atoms with Crippen LogP contribution in [0.2, 0.25) is 0 Å². The molecule has 1 atom stereocenters. The predicted octanol–water partition coefficient (Wildman–Crippen LogP) is 0.934. The van der Waals surface area contributed by atoms with Gasteiger partial charge in [-0.15, -0.1) is 0 Å². The maximum Gasteiger partial charge on any atom is 0.227 e. The Bertz CT molecular complexity index is 334. The van der Waals surface area contributed by atoms with Crippen molar-refractivity contribution < 1.29 is 9.59 Å². The van der Waals surface area contributed by atoms with E-state index >= 15 is 0 Å². The molecule has 5 nitrogen and oxygen atoms in total. The molecule has 2 amide bonds. The number of amides is 2. The molecule has 1 aliphatic rings. The molecule has 1 unspecified atom stereocenters. The third kappa shape index (κ3) is 4.47. The van der Waals surface area contributed by atoms with Crippen LogP contribution in [-0.4, -0.2) is 54.3 Å². The molecule has 1 rings (SSSR count). The van der Waals surface area contributed by atoms with E-state index in [4.69, 9.17) is 5.73 Å².